The van der Waals surface area contributed by atoms with Gasteiger partial charge in [0.1, 0.15) is 0 Å². The number of sulfonamides is 1. The van der Waals surface area contributed by atoms with Gasteiger partial charge in [-0.05, 0) is 31.0 Å². The van der Waals surface area contributed by atoms with Gasteiger partial charge in [0.05, 0.1) is 4.90 Å². The van der Waals surface area contributed by atoms with Crippen molar-refractivity contribution in [3.05, 3.63) is 60.2 Å². The van der Waals surface area contributed by atoms with E-state index in [1.54, 1.807) is 24.3 Å². The monoisotopic (exact) mass is 416 g/mol. The number of piperidine rings is 1. The highest BCUT2D eigenvalue weighted by Gasteiger charge is 2.26. The minimum atomic E-state index is -3.57. The molecule has 0 aromatic heterocycles. The third kappa shape index (κ3) is 5.55. The SMILES string of the molecule is N/C(=N\OCC(=O)Nc1cccc(S(=O)(=O)N2CCCCC2)c1)c1ccccc1. The zero-order chi connectivity index (χ0) is 20.7. The predicted octanol–water partition coefficient (Wildman–Crippen LogP) is 2.14. The molecule has 0 spiro atoms. The quantitative estimate of drug-likeness (QED) is 0.408. The molecule has 1 aliphatic heterocycles. The number of oxime groups is 1. The summed E-state index contributed by atoms with van der Waals surface area (Å²) in [6, 6.07) is 15.2. The first kappa shape index (κ1) is 20.8. The van der Waals surface area contributed by atoms with Gasteiger partial charge < -0.3 is 15.9 Å². The van der Waals surface area contributed by atoms with Crippen LogP contribution in [0.3, 0.4) is 0 Å². The van der Waals surface area contributed by atoms with Gasteiger partial charge in [0, 0.05) is 24.3 Å². The van der Waals surface area contributed by atoms with Crippen molar-refractivity contribution in [2.24, 2.45) is 10.9 Å². The molecule has 0 saturated carbocycles. The van der Waals surface area contributed by atoms with Gasteiger partial charge in [-0.1, -0.05) is 48.0 Å². The summed E-state index contributed by atoms with van der Waals surface area (Å²) >= 11 is 0. The molecule has 2 aromatic carbocycles. The molecule has 2 aromatic rings. The molecule has 3 rings (SSSR count). The number of rotatable bonds is 7. The van der Waals surface area contributed by atoms with Crippen LogP contribution in [0, 0.1) is 0 Å². The first-order valence-electron chi connectivity index (χ1n) is 9.38. The lowest BCUT2D eigenvalue weighted by atomic mass is 10.2. The number of amides is 1. The molecule has 0 unspecified atom stereocenters. The maximum Gasteiger partial charge on any atom is 0.265 e. The van der Waals surface area contributed by atoms with Crippen LogP contribution in [0.4, 0.5) is 5.69 Å². The van der Waals surface area contributed by atoms with E-state index in [0.29, 0.717) is 24.3 Å². The summed E-state index contributed by atoms with van der Waals surface area (Å²) in [4.78, 5) is 17.2. The summed E-state index contributed by atoms with van der Waals surface area (Å²) in [5.74, 6) is -0.310. The van der Waals surface area contributed by atoms with Crippen molar-refractivity contribution in [2.75, 3.05) is 25.0 Å². The number of nitrogens with two attached hydrogens (primary N) is 1. The molecule has 1 aliphatic rings. The van der Waals surface area contributed by atoms with E-state index in [-0.39, 0.29) is 17.3 Å². The summed E-state index contributed by atoms with van der Waals surface area (Å²) in [7, 11) is -3.57. The summed E-state index contributed by atoms with van der Waals surface area (Å²) in [6.07, 6.45) is 2.76. The normalized spacial score (nSPS) is 15.7. The van der Waals surface area contributed by atoms with Gasteiger partial charge in [0.25, 0.3) is 5.91 Å². The average molecular weight is 417 g/mol. The molecular formula is C20H24N4O4S. The molecule has 1 amide bonds. The Labute approximate surface area is 170 Å². The zero-order valence-corrected chi connectivity index (χ0v) is 16.8. The van der Waals surface area contributed by atoms with E-state index in [9.17, 15) is 13.2 Å². The standard InChI is InChI=1S/C20H24N4O4S/c21-20(16-8-3-1-4-9-16)23-28-15-19(25)22-17-10-7-11-18(14-17)29(26,27)24-12-5-2-6-13-24/h1,3-4,7-11,14H,2,5-6,12-13,15H2,(H2,21,23)(H,22,25). The van der Waals surface area contributed by atoms with Crippen molar-refractivity contribution >= 4 is 27.5 Å². The first-order valence-corrected chi connectivity index (χ1v) is 10.8. The lowest BCUT2D eigenvalue weighted by Crippen LogP contribution is -2.35. The highest BCUT2D eigenvalue weighted by Crippen LogP contribution is 2.22. The Balaban J connectivity index is 1.59. The lowest BCUT2D eigenvalue weighted by Gasteiger charge is -2.26. The van der Waals surface area contributed by atoms with Crippen LogP contribution in [-0.2, 0) is 19.7 Å². The maximum absolute atomic E-state index is 12.8. The van der Waals surface area contributed by atoms with Crippen molar-refractivity contribution in [1.29, 1.82) is 0 Å². The van der Waals surface area contributed by atoms with Gasteiger partial charge in [0.2, 0.25) is 10.0 Å². The Kier molecular flexibility index (Phi) is 6.84. The van der Waals surface area contributed by atoms with E-state index in [4.69, 9.17) is 10.6 Å². The van der Waals surface area contributed by atoms with Gasteiger partial charge in [0.15, 0.2) is 12.4 Å². The number of carbonyl (C=O) groups excluding carboxylic acids is 1. The number of hydrogen-bond donors (Lipinski definition) is 2. The fourth-order valence-electron chi connectivity index (χ4n) is 3.01. The Morgan fingerprint density at radius 3 is 2.52 bits per heavy atom. The van der Waals surface area contributed by atoms with Crippen LogP contribution in [0.15, 0.2) is 64.6 Å². The van der Waals surface area contributed by atoms with Crippen molar-refractivity contribution in [3.8, 4) is 0 Å². The van der Waals surface area contributed by atoms with Gasteiger partial charge in [-0.3, -0.25) is 4.79 Å². The summed E-state index contributed by atoms with van der Waals surface area (Å²) < 4.78 is 27.0. The summed E-state index contributed by atoms with van der Waals surface area (Å²) in [5, 5.41) is 6.34. The number of hydrogen-bond acceptors (Lipinski definition) is 5. The maximum atomic E-state index is 12.8. The second-order valence-corrected chi connectivity index (χ2v) is 8.59. The largest absolute Gasteiger partial charge is 0.384 e. The molecule has 0 aliphatic carbocycles. The summed E-state index contributed by atoms with van der Waals surface area (Å²) in [5.41, 5.74) is 6.85. The van der Waals surface area contributed by atoms with E-state index in [1.165, 1.54) is 16.4 Å². The van der Waals surface area contributed by atoms with Crippen LogP contribution in [0.5, 0.6) is 0 Å². The third-order valence-corrected chi connectivity index (χ3v) is 6.39. The predicted molar refractivity (Wildman–Crippen MR) is 111 cm³/mol. The molecular weight excluding hydrogens is 392 g/mol. The van der Waals surface area contributed by atoms with E-state index in [2.05, 4.69) is 10.5 Å². The van der Waals surface area contributed by atoms with E-state index in [0.717, 1.165) is 19.3 Å². The molecule has 0 radical (unpaired) electrons. The average Bonchev–Trinajstić information content (AvgIpc) is 2.75. The Morgan fingerprint density at radius 2 is 1.79 bits per heavy atom. The molecule has 8 nitrogen and oxygen atoms in total. The minimum absolute atomic E-state index is 0.157. The molecule has 9 heteroatoms. The number of benzene rings is 2. The molecule has 1 fully saturated rings. The highest BCUT2D eigenvalue weighted by molar-refractivity contribution is 7.89. The Morgan fingerprint density at radius 1 is 1.07 bits per heavy atom. The molecule has 0 atom stereocenters. The van der Waals surface area contributed by atoms with Gasteiger partial charge in [-0.2, -0.15) is 4.31 Å². The second kappa shape index (κ2) is 9.53. The van der Waals surface area contributed by atoms with Crippen LogP contribution in [0.1, 0.15) is 24.8 Å². The fraction of sp³-hybridized carbons (Fsp3) is 0.300. The number of amidine groups is 1. The van der Waals surface area contributed by atoms with E-state index < -0.39 is 15.9 Å². The highest BCUT2D eigenvalue weighted by atomic mass is 32.2. The zero-order valence-electron chi connectivity index (χ0n) is 16.0. The second-order valence-electron chi connectivity index (χ2n) is 6.66. The number of carbonyl (C=O) groups is 1. The number of nitrogens with zero attached hydrogens (tertiary/aromatic N) is 2. The van der Waals surface area contributed by atoms with E-state index >= 15 is 0 Å². The van der Waals surface area contributed by atoms with Gasteiger partial charge in [-0.25, -0.2) is 8.42 Å². The van der Waals surface area contributed by atoms with Crippen molar-refractivity contribution < 1.29 is 18.0 Å². The number of anilines is 1. The lowest BCUT2D eigenvalue weighted by molar-refractivity contribution is -0.120. The van der Waals surface area contributed by atoms with Gasteiger partial charge in [-0.15, -0.1) is 0 Å². The van der Waals surface area contributed by atoms with Crippen LogP contribution >= 0.6 is 0 Å². The molecule has 0 bridgehead atoms. The summed E-state index contributed by atoms with van der Waals surface area (Å²) in [6.45, 7) is 0.692. The van der Waals surface area contributed by atoms with Crippen LogP contribution in [-0.4, -0.2) is 44.2 Å². The molecule has 154 valence electrons. The van der Waals surface area contributed by atoms with Crippen LogP contribution in [0.25, 0.3) is 0 Å². The molecule has 3 N–H and O–H groups in total. The molecule has 29 heavy (non-hydrogen) atoms. The van der Waals surface area contributed by atoms with Crippen molar-refractivity contribution in [2.45, 2.75) is 24.2 Å². The fourth-order valence-corrected chi connectivity index (χ4v) is 4.57. The number of nitrogens with one attached hydrogen (secondary N) is 1. The Bertz CT molecular complexity index is 971. The molecule has 1 saturated heterocycles. The smallest absolute Gasteiger partial charge is 0.265 e. The van der Waals surface area contributed by atoms with Crippen LogP contribution < -0.4 is 11.1 Å². The third-order valence-electron chi connectivity index (χ3n) is 4.50. The van der Waals surface area contributed by atoms with Crippen molar-refractivity contribution in [3.63, 3.8) is 0 Å². The topological polar surface area (TPSA) is 114 Å². The first-order chi connectivity index (χ1) is 14.0. The van der Waals surface area contributed by atoms with Crippen molar-refractivity contribution in [1.82, 2.24) is 4.31 Å². The van der Waals surface area contributed by atoms with E-state index in [1.807, 2.05) is 18.2 Å². The minimum Gasteiger partial charge on any atom is -0.384 e. The Hall–Kier alpha value is -2.91. The van der Waals surface area contributed by atoms with Gasteiger partial charge >= 0.3 is 0 Å². The molecule has 1 heterocycles. The van der Waals surface area contributed by atoms with Crippen LogP contribution in [0.2, 0.25) is 0 Å².